The molecule has 0 aliphatic carbocycles. The van der Waals surface area contributed by atoms with E-state index < -0.39 is 45.1 Å². The number of nitrogens with one attached hydrogen (secondary N) is 4. The smallest absolute Gasteiger partial charge is 0.262 e. The molecule has 18 heteroatoms. The third-order valence-electron chi connectivity index (χ3n) is 10.3. The number of benzene rings is 3. The maximum absolute atomic E-state index is 13.2. The Kier molecular flexibility index (Phi) is 10.6. The van der Waals surface area contributed by atoms with E-state index in [1.54, 1.807) is 29.3 Å². The van der Waals surface area contributed by atoms with Crippen LogP contribution in [0.1, 0.15) is 65.5 Å². The lowest BCUT2D eigenvalue weighted by Gasteiger charge is -2.36. The number of anilines is 6. The van der Waals surface area contributed by atoms with Gasteiger partial charge in [0, 0.05) is 72.7 Å². The van der Waals surface area contributed by atoms with Crippen molar-refractivity contribution in [3.63, 3.8) is 0 Å². The quantitative estimate of drug-likeness (QED) is 0.145. The van der Waals surface area contributed by atoms with E-state index in [2.05, 4.69) is 36.1 Å². The number of aromatic nitrogens is 2. The largest absolute Gasteiger partial charge is 0.376 e. The highest BCUT2D eigenvalue weighted by Crippen LogP contribution is 2.37. The van der Waals surface area contributed by atoms with E-state index in [9.17, 15) is 32.4 Å². The van der Waals surface area contributed by atoms with Crippen LogP contribution in [0.4, 0.5) is 34.5 Å². The van der Waals surface area contributed by atoms with Crippen molar-refractivity contribution in [2.24, 2.45) is 5.14 Å². The number of nitrogens with zero attached hydrogens (tertiary/aromatic N) is 5. The fourth-order valence-corrected chi connectivity index (χ4v) is 8.34. The molecule has 1 unspecified atom stereocenters. The van der Waals surface area contributed by atoms with Crippen molar-refractivity contribution in [2.75, 3.05) is 53.6 Å². The second kappa shape index (κ2) is 15.5. The van der Waals surface area contributed by atoms with Gasteiger partial charge in [-0.3, -0.25) is 34.2 Å². The van der Waals surface area contributed by atoms with Gasteiger partial charge in [0.25, 0.3) is 11.8 Å². The fourth-order valence-electron chi connectivity index (χ4n) is 7.37. The summed E-state index contributed by atoms with van der Waals surface area (Å²) in [4.78, 5) is 77.3. The van der Waals surface area contributed by atoms with Crippen molar-refractivity contribution in [1.29, 1.82) is 0 Å². The molecule has 1 atom stereocenters. The molecule has 0 spiro atoms. The minimum atomic E-state index is -3.97. The third-order valence-corrected chi connectivity index (χ3v) is 11.3. The lowest BCUT2D eigenvalue weighted by molar-refractivity contribution is -0.136. The number of hydrogen-bond acceptors (Lipinski definition) is 13. The van der Waals surface area contributed by atoms with E-state index in [1.165, 1.54) is 18.2 Å². The molecule has 58 heavy (non-hydrogen) atoms. The van der Waals surface area contributed by atoms with Crippen molar-refractivity contribution in [1.82, 2.24) is 25.1 Å². The first-order valence-corrected chi connectivity index (χ1v) is 20.3. The lowest BCUT2D eigenvalue weighted by Crippen LogP contribution is -2.54. The van der Waals surface area contributed by atoms with E-state index in [4.69, 9.17) is 5.14 Å². The zero-order valence-corrected chi connectivity index (χ0v) is 33.3. The first-order valence-electron chi connectivity index (χ1n) is 18.7. The number of carbonyl (C=O) groups excluding carboxylic acids is 5. The van der Waals surface area contributed by atoms with Gasteiger partial charge in [0.05, 0.1) is 22.6 Å². The van der Waals surface area contributed by atoms with Gasteiger partial charge in [-0.25, -0.2) is 18.5 Å². The Morgan fingerprint density at radius 1 is 0.914 bits per heavy atom. The predicted molar refractivity (Wildman–Crippen MR) is 217 cm³/mol. The molecule has 17 nitrogen and oxygen atoms in total. The molecule has 0 bridgehead atoms. The average Bonchev–Trinajstić information content (AvgIpc) is 3.42. The second-order valence-electron chi connectivity index (χ2n) is 15.4. The zero-order chi connectivity index (χ0) is 41.5. The standard InChI is InChI=1S/C40H44N10O7S/c1-23-21-43-39(47-35(23)45-29-6-5-7-31(58(41,56)57)34(29)40(2,3)4)44-24-8-11-26(12-9-24)48-16-18-49(19-17-48)33(52)22-42-25-10-13-27-28(20-25)38(55)50(37(27)54)30-14-15-32(51)46-36(30)53/h5-13,20-21,30,42H,14-19,22H2,1-4H3,(H2,41,56,57)(H,46,51,53)(H2,43,44,45,47). The van der Waals surface area contributed by atoms with Gasteiger partial charge < -0.3 is 25.8 Å². The molecule has 3 aliphatic heterocycles. The molecule has 6 N–H and O–H groups in total. The van der Waals surface area contributed by atoms with Crippen molar-refractivity contribution < 1.29 is 32.4 Å². The zero-order valence-electron chi connectivity index (χ0n) is 32.5. The summed E-state index contributed by atoms with van der Waals surface area (Å²) >= 11 is 0. The Morgan fingerprint density at radius 2 is 1.60 bits per heavy atom. The second-order valence-corrected chi connectivity index (χ2v) is 17.0. The highest BCUT2D eigenvalue weighted by Gasteiger charge is 2.44. The normalized spacial score (nSPS) is 17.3. The molecule has 3 aromatic carbocycles. The first kappa shape index (κ1) is 39.8. The number of piperidine rings is 1. The van der Waals surface area contributed by atoms with Crippen LogP contribution in [-0.2, 0) is 29.8 Å². The topological polar surface area (TPSA) is 229 Å². The summed E-state index contributed by atoms with van der Waals surface area (Å²) in [6, 6.07) is 16.3. The summed E-state index contributed by atoms with van der Waals surface area (Å²) in [5.41, 5.74) is 3.87. The molecule has 2 saturated heterocycles. The van der Waals surface area contributed by atoms with Crippen LogP contribution in [0, 0.1) is 6.92 Å². The Hall–Kier alpha value is -6.40. The number of imide groups is 2. The number of piperazine rings is 1. The van der Waals surface area contributed by atoms with Crippen LogP contribution in [0.15, 0.2) is 71.8 Å². The number of rotatable bonds is 10. The van der Waals surface area contributed by atoms with Crippen molar-refractivity contribution in [3.05, 3.63) is 89.1 Å². The van der Waals surface area contributed by atoms with E-state index >= 15 is 0 Å². The van der Waals surface area contributed by atoms with E-state index in [1.807, 2.05) is 52.0 Å². The number of sulfonamides is 1. The predicted octanol–water partition coefficient (Wildman–Crippen LogP) is 3.38. The maximum atomic E-state index is 13.2. The van der Waals surface area contributed by atoms with Gasteiger partial charge in [-0.05, 0) is 73.4 Å². The summed E-state index contributed by atoms with van der Waals surface area (Å²) in [5.74, 6) is -1.59. The number of fused-ring (bicyclic) bond motifs is 1. The van der Waals surface area contributed by atoms with Gasteiger partial charge in [-0.1, -0.05) is 26.8 Å². The van der Waals surface area contributed by atoms with Crippen molar-refractivity contribution in [2.45, 2.75) is 56.9 Å². The average molecular weight is 809 g/mol. The van der Waals surface area contributed by atoms with Crippen LogP contribution < -0.4 is 31.3 Å². The molecule has 7 rings (SSSR count). The molecule has 4 aromatic rings. The molecule has 5 amide bonds. The first-order chi connectivity index (χ1) is 27.5. The van der Waals surface area contributed by atoms with Crippen LogP contribution >= 0.6 is 0 Å². The molecule has 1 aromatic heterocycles. The lowest BCUT2D eigenvalue weighted by atomic mass is 9.85. The number of aryl methyl sites for hydroxylation is 1. The highest BCUT2D eigenvalue weighted by atomic mass is 32.2. The summed E-state index contributed by atoms with van der Waals surface area (Å²) < 4.78 is 24.8. The van der Waals surface area contributed by atoms with Crippen molar-refractivity contribution >= 4 is 74.1 Å². The van der Waals surface area contributed by atoms with Crippen LogP contribution in [0.25, 0.3) is 0 Å². The van der Waals surface area contributed by atoms with Crippen molar-refractivity contribution in [3.8, 4) is 0 Å². The Bertz CT molecular complexity index is 2440. The van der Waals surface area contributed by atoms with E-state index in [0.717, 1.165) is 21.8 Å². The summed E-state index contributed by atoms with van der Waals surface area (Å²) in [6.45, 7) is 9.82. The highest BCUT2D eigenvalue weighted by molar-refractivity contribution is 7.89. The van der Waals surface area contributed by atoms with Crippen LogP contribution in [-0.4, -0.2) is 96.5 Å². The summed E-state index contributed by atoms with van der Waals surface area (Å²) in [5, 5.41) is 17.3. The van der Waals surface area contributed by atoms with Gasteiger partial charge in [0.15, 0.2) is 0 Å². The molecule has 0 radical (unpaired) electrons. The molecule has 3 aliphatic rings. The molecular formula is C40H44N10O7S. The molecule has 2 fully saturated rings. The van der Waals surface area contributed by atoms with Crippen LogP contribution in [0.5, 0.6) is 0 Å². The van der Waals surface area contributed by atoms with E-state index in [-0.39, 0.29) is 41.3 Å². The summed E-state index contributed by atoms with van der Waals surface area (Å²) in [7, 11) is -3.97. The maximum Gasteiger partial charge on any atom is 0.262 e. The number of amides is 5. The molecule has 4 heterocycles. The minimum Gasteiger partial charge on any atom is -0.376 e. The molecule has 302 valence electrons. The van der Waals surface area contributed by atoms with Gasteiger partial charge in [-0.2, -0.15) is 4.98 Å². The number of hydrogen-bond donors (Lipinski definition) is 5. The Labute approximate surface area is 335 Å². The summed E-state index contributed by atoms with van der Waals surface area (Å²) in [6.07, 6.45) is 1.78. The SMILES string of the molecule is Cc1cnc(Nc2ccc(N3CCN(C(=O)CNc4ccc5c(c4)C(=O)N(C4CCC(=O)NC4=O)C5=O)CC3)cc2)nc1Nc1cccc(S(N)(=O)=O)c1C(C)(C)C. The minimum absolute atomic E-state index is 0.0176. The number of primary sulfonamides is 1. The van der Waals surface area contributed by atoms with Gasteiger partial charge in [-0.15, -0.1) is 0 Å². The number of carbonyl (C=O) groups is 5. The number of nitrogens with two attached hydrogens (primary N) is 1. The fraction of sp³-hybridized carbons (Fsp3) is 0.325. The molecular weight excluding hydrogens is 765 g/mol. The van der Waals surface area contributed by atoms with Gasteiger partial charge >= 0.3 is 0 Å². The van der Waals surface area contributed by atoms with E-state index in [0.29, 0.717) is 54.9 Å². The molecule has 0 saturated carbocycles. The Morgan fingerprint density at radius 3 is 2.28 bits per heavy atom. The van der Waals surface area contributed by atoms with Gasteiger partial charge in [0.1, 0.15) is 11.9 Å². The Balaban J connectivity index is 0.924. The third kappa shape index (κ3) is 8.19. The van der Waals surface area contributed by atoms with Crippen LogP contribution in [0.3, 0.4) is 0 Å². The van der Waals surface area contributed by atoms with Gasteiger partial charge in [0.2, 0.25) is 33.7 Å². The monoisotopic (exact) mass is 808 g/mol. The van der Waals surface area contributed by atoms with Crippen LogP contribution in [0.2, 0.25) is 0 Å².